The van der Waals surface area contributed by atoms with Crippen molar-refractivity contribution in [3.8, 4) is 11.5 Å². The first-order valence-corrected chi connectivity index (χ1v) is 8.95. The Kier molecular flexibility index (Phi) is 4.74. The summed E-state index contributed by atoms with van der Waals surface area (Å²) >= 11 is 0. The zero-order valence-corrected chi connectivity index (χ0v) is 15.5. The molecule has 0 aliphatic heterocycles. The second-order valence-corrected chi connectivity index (χ2v) is 6.10. The molecular formula is C21H16N4O4. The largest absolute Gasteiger partial charge is 0.449 e. The highest BCUT2D eigenvalue weighted by molar-refractivity contribution is 5.97. The minimum Gasteiger partial charge on any atom is -0.449 e. The normalized spacial score (nSPS) is 10.8. The van der Waals surface area contributed by atoms with Crippen LogP contribution in [0.4, 0.5) is 4.79 Å². The third-order valence-corrected chi connectivity index (χ3v) is 4.33. The summed E-state index contributed by atoms with van der Waals surface area (Å²) in [4.78, 5) is 42.6. The fourth-order valence-electron chi connectivity index (χ4n) is 3.01. The summed E-state index contributed by atoms with van der Waals surface area (Å²) in [5.74, 6) is -0.713. The van der Waals surface area contributed by atoms with E-state index < -0.39 is 17.7 Å². The lowest BCUT2D eigenvalue weighted by molar-refractivity contribution is 0.0940. The van der Waals surface area contributed by atoms with Crippen LogP contribution in [-0.2, 0) is 4.74 Å². The molecule has 0 N–H and O–H groups in total. The highest BCUT2D eigenvalue weighted by atomic mass is 16.5. The fraction of sp³-hybridized carbons (Fsp3) is 0.0952. The molecule has 2 aromatic carbocycles. The molecule has 0 unspecified atom stereocenters. The maximum absolute atomic E-state index is 12.9. The summed E-state index contributed by atoms with van der Waals surface area (Å²) in [7, 11) is 0. The highest BCUT2D eigenvalue weighted by Gasteiger charge is 2.26. The lowest BCUT2D eigenvalue weighted by atomic mass is 10.1. The fourth-order valence-corrected chi connectivity index (χ4v) is 3.01. The van der Waals surface area contributed by atoms with Crippen LogP contribution in [0.5, 0.6) is 0 Å². The van der Waals surface area contributed by atoms with Gasteiger partial charge in [0.2, 0.25) is 0 Å². The summed E-state index contributed by atoms with van der Waals surface area (Å²) < 4.78 is 6.41. The summed E-state index contributed by atoms with van der Waals surface area (Å²) in [6.07, 6.45) is 0.629. The first-order chi connectivity index (χ1) is 14.1. The van der Waals surface area contributed by atoms with Crippen molar-refractivity contribution in [3.63, 3.8) is 0 Å². The average Bonchev–Trinajstić information content (AvgIpc) is 3.10. The maximum Gasteiger partial charge on any atom is 0.424 e. The van der Waals surface area contributed by atoms with Crippen molar-refractivity contribution in [3.05, 3.63) is 82.9 Å². The van der Waals surface area contributed by atoms with E-state index in [9.17, 15) is 14.4 Å². The molecule has 144 valence electrons. The summed E-state index contributed by atoms with van der Waals surface area (Å²) in [5.41, 5.74) is -0.351. The van der Waals surface area contributed by atoms with Gasteiger partial charge in [0.25, 0.3) is 5.91 Å². The lowest BCUT2D eigenvalue weighted by Crippen LogP contribution is -2.34. The quantitative estimate of drug-likeness (QED) is 0.535. The second-order valence-electron chi connectivity index (χ2n) is 6.10. The number of aromatic nitrogens is 4. The summed E-state index contributed by atoms with van der Waals surface area (Å²) in [6, 6.07) is 17.4. The third kappa shape index (κ3) is 3.20. The first-order valence-electron chi connectivity index (χ1n) is 8.95. The summed E-state index contributed by atoms with van der Waals surface area (Å²) in [5, 5.41) is 5.70. The topological polar surface area (TPSA) is 96.1 Å². The number of rotatable bonds is 3. The molecule has 0 saturated carbocycles. The molecule has 0 radical (unpaired) electrons. The third-order valence-electron chi connectivity index (χ3n) is 4.33. The van der Waals surface area contributed by atoms with Crippen LogP contribution in [-0.4, -0.2) is 37.9 Å². The van der Waals surface area contributed by atoms with E-state index in [1.54, 1.807) is 55.6 Å². The first kappa shape index (κ1) is 18.3. The standard InChI is InChI=1S/C21H16N4O4/c1-2-29-21(28)24-18(17-16-11-7-6-8-14(16)12-13-22-17)23-25(20(24)27)19(26)15-9-4-3-5-10-15/h3-13H,2H2,1H3. The van der Waals surface area contributed by atoms with Crippen molar-refractivity contribution in [2.24, 2.45) is 0 Å². The van der Waals surface area contributed by atoms with Crippen LogP contribution in [0.25, 0.3) is 22.3 Å². The number of pyridine rings is 1. The number of fused-ring (bicyclic) bond motifs is 1. The Balaban J connectivity index is 1.97. The average molecular weight is 388 g/mol. The van der Waals surface area contributed by atoms with Crippen LogP contribution in [0.2, 0.25) is 0 Å². The number of benzene rings is 2. The van der Waals surface area contributed by atoms with E-state index in [1.807, 2.05) is 18.2 Å². The van der Waals surface area contributed by atoms with Gasteiger partial charge in [0.15, 0.2) is 5.82 Å². The van der Waals surface area contributed by atoms with Gasteiger partial charge in [0.1, 0.15) is 5.69 Å². The van der Waals surface area contributed by atoms with Gasteiger partial charge >= 0.3 is 11.8 Å². The van der Waals surface area contributed by atoms with E-state index >= 15 is 0 Å². The van der Waals surface area contributed by atoms with Crippen molar-refractivity contribution in [2.75, 3.05) is 6.61 Å². The second kappa shape index (κ2) is 7.51. The van der Waals surface area contributed by atoms with Crippen molar-refractivity contribution in [1.82, 2.24) is 19.3 Å². The highest BCUT2D eigenvalue weighted by Crippen LogP contribution is 2.24. The van der Waals surface area contributed by atoms with Gasteiger partial charge in [-0.3, -0.25) is 9.78 Å². The Hall–Kier alpha value is -4.07. The Morgan fingerprint density at radius 2 is 1.72 bits per heavy atom. The molecule has 0 atom stereocenters. The van der Waals surface area contributed by atoms with Gasteiger partial charge in [-0.05, 0) is 30.5 Å². The van der Waals surface area contributed by atoms with Crippen molar-refractivity contribution < 1.29 is 14.3 Å². The monoisotopic (exact) mass is 388 g/mol. The molecular weight excluding hydrogens is 372 g/mol. The summed E-state index contributed by atoms with van der Waals surface area (Å²) in [6.45, 7) is 1.68. The number of carbonyl (C=O) groups excluding carboxylic acids is 2. The van der Waals surface area contributed by atoms with Crippen LogP contribution in [0.1, 0.15) is 17.3 Å². The minimum absolute atomic E-state index is 0.0606. The van der Waals surface area contributed by atoms with E-state index in [0.29, 0.717) is 15.8 Å². The zero-order chi connectivity index (χ0) is 20.4. The molecule has 0 spiro atoms. The molecule has 2 heterocycles. The van der Waals surface area contributed by atoms with E-state index in [1.165, 1.54) is 0 Å². The predicted molar refractivity (Wildman–Crippen MR) is 106 cm³/mol. The van der Waals surface area contributed by atoms with Gasteiger partial charge in [0.05, 0.1) is 6.61 Å². The Morgan fingerprint density at radius 1 is 1.00 bits per heavy atom. The molecule has 0 amide bonds. The van der Waals surface area contributed by atoms with E-state index in [4.69, 9.17) is 4.74 Å². The predicted octanol–water partition coefficient (Wildman–Crippen LogP) is 2.95. The van der Waals surface area contributed by atoms with Crippen LogP contribution in [0, 0.1) is 0 Å². The maximum atomic E-state index is 12.9. The molecule has 8 nitrogen and oxygen atoms in total. The number of nitrogens with zero attached hydrogens (tertiary/aromatic N) is 4. The minimum atomic E-state index is -0.922. The molecule has 2 aromatic heterocycles. The lowest BCUT2D eigenvalue weighted by Gasteiger charge is -2.06. The molecule has 29 heavy (non-hydrogen) atoms. The van der Waals surface area contributed by atoms with Gasteiger partial charge in [-0.1, -0.05) is 42.5 Å². The van der Waals surface area contributed by atoms with Crippen LogP contribution >= 0.6 is 0 Å². The molecule has 4 rings (SSSR count). The van der Waals surface area contributed by atoms with Gasteiger partial charge in [-0.25, -0.2) is 9.59 Å². The van der Waals surface area contributed by atoms with Gasteiger partial charge in [-0.2, -0.15) is 4.57 Å². The van der Waals surface area contributed by atoms with Crippen molar-refractivity contribution >= 4 is 22.8 Å². The molecule has 4 aromatic rings. The Bertz CT molecular complexity index is 1270. The number of ether oxygens (including phenoxy) is 1. The molecule has 8 heteroatoms. The smallest absolute Gasteiger partial charge is 0.424 e. The van der Waals surface area contributed by atoms with Crippen LogP contribution < -0.4 is 5.69 Å². The van der Waals surface area contributed by atoms with E-state index in [0.717, 1.165) is 9.95 Å². The van der Waals surface area contributed by atoms with Gasteiger partial charge in [-0.15, -0.1) is 9.78 Å². The van der Waals surface area contributed by atoms with Crippen molar-refractivity contribution in [1.29, 1.82) is 0 Å². The molecule has 0 bridgehead atoms. The van der Waals surface area contributed by atoms with Crippen LogP contribution in [0.3, 0.4) is 0 Å². The van der Waals surface area contributed by atoms with Crippen LogP contribution in [0.15, 0.2) is 71.7 Å². The van der Waals surface area contributed by atoms with Gasteiger partial charge < -0.3 is 4.74 Å². The molecule has 0 aliphatic rings. The van der Waals surface area contributed by atoms with Crippen molar-refractivity contribution in [2.45, 2.75) is 6.92 Å². The van der Waals surface area contributed by atoms with Gasteiger partial charge in [0, 0.05) is 17.1 Å². The molecule has 0 saturated heterocycles. The number of carbonyl (C=O) groups is 2. The van der Waals surface area contributed by atoms with E-state index in [-0.39, 0.29) is 18.0 Å². The number of hydrogen-bond acceptors (Lipinski definition) is 6. The molecule has 0 fully saturated rings. The SMILES string of the molecule is CCOC(=O)n1c(-c2nccc3ccccc23)nn(C(=O)c2ccccc2)c1=O. The van der Waals surface area contributed by atoms with E-state index in [2.05, 4.69) is 10.1 Å². The Morgan fingerprint density at radius 3 is 2.48 bits per heavy atom. The number of hydrogen-bond donors (Lipinski definition) is 0. The molecule has 0 aliphatic carbocycles. The zero-order valence-electron chi connectivity index (χ0n) is 15.5. The Labute approximate surface area is 165 Å².